The smallest absolute Gasteiger partial charge is 0.360 e. The van der Waals surface area contributed by atoms with E-state index in [9.17, 15) is 9.59 Å². The Morgan fingerprint density at radius 3 is 2.84 bits per heavy atom. The molecular weight excluding hydrogens is 322 g/mol. The highest BCUT2D eigenvalue weighted by Gasteiger charge is 2.19. The van der Waals surface area contributed by atoms with E-state index >= 15 is 0 Å². The molecule has 128 valence electrons. The lowest BCUT2D eigenvalue weighted by Crippen LogP contribution is -2.15. The van der Waals surface area contributed by atoms with Gasteiger partial charge in [-0.1, -0.05) is 12.1 Å². The minimum absolute atomic E-state index is 0.0612. The van der Waals surface area contributed by atoms with Crippen LogP contribution < -0.4 is 5.32 Å². The molecule has 3 rings (SSSR count). The van der Waals surface area contributed by atoms with Crippen LogP contribution in [0.4, 0.5) is 5.69 Å². The first kappa shape index (κ1) is 16.4. The van der Waals surface area contributed by atoms with Crippen LogP contribution >= 0.6 is 0 Å². The van der Waals surface area contributed by atoms with E-state index in [1.165, 1.54) is 11.8 Å². The predicted octanol–water partition coefficient (Wildman–Crippen LogP) is 1.70. The van der Waals surface area contributed by atoms with E-state index in [1.807, 2.05) is 18.3 Å². The molecule has 0 aliphatic carbocycles. The molecule has 2 heterocycles. The largest absolute Gasteiger partial charge is 0.464 e. The first-order chi connectivity index (χ1) is 12.1. The van der Waals surface area contributed by atoms with Crippen molar-refractivity contribution in [1.29, 1.82) is 0 Å². The molecule has 1 aromatic carbocycles. The highest BCUT2D eigenvalue weighted by atomic mass is 16.5. The molecule has 1 N–H and O–H groups in total. The maximum Gasteiger partial charge on any atom is 0.360 e. The topological polar surface area (TPSA) is 91.0 Å². The van der Waals surface area contributed by atoms with E-state index in [0.717, 1.165) is 5.56 Å². The molecule has 0 spiro atoms. The second-order valence-electron chi connectivity index (χ2n) is 5.41. The van der Waals surface area contributed by atoms with Crippen molar-refractivity contribution >= 4 is 17.6 Å². The van der Waals surface area contributed by atoms with Crippen LogP contribution in [0.25, 0.3) is 0 Å². The molecule has 0 atom stereocenters. The minimum Gasteiger partial charge on any atom is -0.464 e. The summed E-state index contributed by atoms with van der Waals surface area (Å²) in [6.45, 7) is 0.564. The van der Waals surface area contributed by atoms with Gasteiger partial charge in [-0.2, -0.15) is 10.2 Å². The van der Waals surface area contributed by atoms with Gasteiger partial charge in [0.25, 0.3) is 5.91 Å². The van der Waals surface area contributed by atoms with Crippen LogP contribution in [-0.2, 0) is 18.3 Å². The van der Waals surface area contributed by atoms with Crippen molar-refractivity contribution in [2.45, 2.75) is 6.54 Å². The van der Waals surface area contributed by atoms with Crippen molar-refractivity contribution < 1.29 is 14.3 Å². The minimum atomic E-state index is -0.608. The van der Waals surface area contributed by atoms with E-state index in [1.54, 1.807) is 42.3 Å². The number of nitrogens with one attached hydrogen (secondary N) is 1. The lowest BCUT2D eigenvalue weighted by Gasteiger charge is -2.07. The fraction of sp³-hybridized carbons (Fsp3) is 0.176. The second kappa shape index (κ2) is 7.00. The number of amides is 1. The van der Waals surface area contributed by atoms with Gasteiger partial charge in [0.15, 0.2) is 5.69 Å². The number of hydrogen-bond acceptors (Lipinski definition) is 5. The number of benzene rings is 1. The third-order valence-corrected chi connectivity index (χ3v) is 3.55. The molecule has 0 bridgehead atoms. The van der Waals surface area contributed by atoms with Gasteiger partial charge < -0.3 is 10.1 Å². The summed E-state index contributed by atoms with van der Waals surface area (Å²) in [4.78, 5) is 24.3. The standard InChI is InChI=1S/C17H17N5O3/c1-21-11-14(15(20-21)17(24)25-2)19-16(23)13-6-3-5-12(9-13)10-22-8-4-7-18-22/h3-9,11H,10H2,1-2H3,(H,19,23). The quantitative estimate of drug-likeness (QED) is 0.715. The maximum atomic E-state index is 12.5. The molecule has 0 unspecified atom stereocenters. The van der Waals surface area contributed by atoms with E-state index in [2.05, 4.69) is 20.3 Å². The molecule has 8 nitrogen and oxygen atoms in total. The lowest BCUT2D eigenvalue weighted by molar-refractivity contribution is 0.0594. The van der Waals surface area contributed by atoms with Gasteiger partial charge in [-0.05, 0) is 23.8 Å². The van der Waals surface area contributed by atoms with E-state index < -0.39 is 5.97 Å². The van der Waals surface area contributed by atoms with Crippen LogP contribution in [-0.4, -0.2) is 38.5 Å². The molecular formula is C17H17N5O3. The molecule has 1 amide bonds. The van der Waals surface area contributed by atoms with Gasteiger partial charge in [0.1, 0.15) is 0 Å². The number of nitrogens with zero attached hydrogens (tertiary/aromatic N) is 4. The molecule has 0 saturated heterocycles. The van der Waals surface area contributed by atoms with Crippen molar-refractivity contribution in [2.24, 2.45) is 7.05 Å². The number of methoxy groups -OCH3 is 1. The number of aromatic nitrogens is 4. The fourth-order valence-electron chi connectivity index (χ4n) is 2.41. The Balaban J connectivity index is 1.79. The molecule has 0 aliphatic heterocycles. The average molecular weight is 339 g/mol. The summed E-state index contributed by atoms with van der Waals surface area (Å²) in [7, 11) is 2.92. The number of carbonyl (C=O) groups is 2. The Bertz CT molecular complexity index is 899. The summed E-state index contributed by atoms with van der Waals surface area (Å²) in [6.07, 6.45) is 5.11. The second-order valence-corrected chi connectivity index (χ2v) is 5.41. The maximum absolute atomic E-state index is 12.5. The van der Waals surface area contributed by atoms with E-state index in [-0.39, 0.29) is 11.6 Å². The number of aryl methyl sites for hydroxylation is 1. The van der Waals surface area contributed by atoms with Gasteiger partial charge in [0, 0.05) is 31.2 Å². The monoisotopic (exact) mass is 339 g/mol. The van der Waals surface area contributed by atoms with Crippen LogP contribution in [0, 0.1) is 0 Å². The molecule has 0 aliphatic rings. The molecule has 0 saturated carbocycles. The highest BCUT2D eigenvalue weighted by Crippen LogP contribution is 2.16. The summed E-state index contributed by atoms with van der Waals surface area (Å²) < 4.78 is 7.89. The first-order valence-electron chi connectivity index (χ1n) is 7.56. The zero-order valence-electron chi connectivity index (χ0n) is 13.8. The number of rotatable bonds is 5. The summed E-state index contributed by atoms with van der Waals surface area (Å²) in [6, 6.07) is 9.05. The number of esters is 1. The van der Waals surface area contributed by atoms with Gasteiger partial charge in [0.05, 0.1) is 19.3 Å². The molecule has 0 radical (unpaired) electrons. The van der Waals surface area contributed by atoms with Crippen molar-refractivity contribution in [2.75, 3.05) is 12.4 Å². The SMILES string of the molecule is COC(=O)c1nn(C)cc1NC(=O)c1cccc(Cn2cccn2)c1. The zero-order chi connectivity index (χ0) is 17.8. The highest BCUT2D eigenvalue weighted by molar-refractivity contribution is 6.07. The Morgan fingerprint density at radius 1 is 1.28 bits per heavy atom. The molecule has 8 heteroatoms. The predicted molar refractivity (Wildman–Crippen MR) is 90.3 cm³/mol. The number of hydrogen-bond donors (Lipinski definition) is 1. The van der Waals surface area contributed by atoms with Gasteiger partial charge in [-0.15, -0.1) is 0 Å². The van der Waals surface area contributed by atoms with Crippen LogP contribution in [0.5, 0.6) is 0 Å². The number of carbonyl (C=O) groups excluding carboxylic acids is 2. The Labute approximate surface area is 144 Å². The summed E-state index contributed by atoms with van der Waals surface area (Å²) in [5.74, 6) is -0.941. The molecule has 3 aromatic rings. The first-order valence-corrected chi connectivity index (χ1v) is 7.56. The van der Waals surface area contributed by atoms with Gasteiger partial charge >= 0.3 is 5.97 Å². The zero-order valence-corrected chi connectivity index (χ0v) is 13.8. The van der Waals surface area contributed by atoms with Crippen LogP contribution in [0.1, 0.15) is 26.4 Å². The van der Waals surface area contributed by atoms with Crippen LogP contribution in [0.15, 0.2) is 48.9 Å². The average Bonchev–Trinajstić information content (AvgIpc) is 3.24. The molecule has 2 aromatic heterocycles. The lowest BCUT2D eigenvalue weighted by atomic mass is 10.1. The van der Waals surface area contributed by atoms with Gasteiger partial charge in [0.2, 0.25) is 0 Å². The Hall–Kier alpha value is -3.42. The Kier molecular flexibility index (Phi) is 4.60. The summed E-state index contributed by atoms with van der Waals surface area (Å²) in [5, 5.41) is 10.9. The number of ether oxygens (including phenoxy) is 1. The van der Waals surface area contributed by atoms with Gasteiger partial charge in [-0.25, -0.2) is 4.79 Å². The van der Waals surface area contributed by atoms with Crippen molar-refractivity contribution in [3.05, 3.63) is 65.7 Å². The third-order valence-electron chi connectivity index (χ3n) is 3.55. The van der Waals surface area contributed by atoms with E-state index in [0.29, 0.717) is 17.8 Å². The van der Waals surface area contributed by atoms with Crippen molar-refractivity contribution in [1.82, 2.24) is 19.6 Å². The summed E-state index contributed by atoms with van der Waals surface area (Å²) in [5.41, 5.74) is 1.78. The summed E-state index contributed by atoms with van der Waals surface area (Å²) >= 11 is 0. The van der Waals surface area contributed by atoms with Crippen LogP contribution in [0.2, 0.25) is 0 Å². The van der Waals surface area contributed by atoms with Gasteiger partial charge in [-0.3, -0.25) is 14.2 Å². The molecule has 0 fully saturated rings. The number of anilines is 1. The fourth-order valence-corrected chi connectivity index (χ4v) is 2.41. The van der Waals surface area contributed by atoms with Crippen LogP contribution in [0.3, 0.4) is 0 Å². The third kappa shape index (κ3) is 3.74. The molecule has 25 heavy (non-hydrogen) atoms. The van der Waals surface area contributed by atoms with Crippen molar-refractivity contribution in [3.8, 4) is 0 Å². The van der Waals surface area contributed by atoms with Crippen molar-refractivity contribution in [3.63, 3.8) is 0 Å². The van der Waals surface area contributed by atoms with E-state index in [4.69, 9.17) is 0 Å². The Morgan fingerprint density at radius 2 is 2.12 bits per heavy atom. The normalized spacial score (nSPS) is 10.5.